The molecule has 0 aromatic heterocycles. The molecule has 1 fully saturated rings. The summed E-state index contributed by atoms with van der Waals surface area (Å²) in [7, 11) is 0. The summed E-state index contributed by atoms with van der Waals surface area (Å²) in [5, 5.41) is 3.20. The monoisotopic (exact) mass is 451 g/mol. The number of hydrogen-bond donors (Lipinski definition) is 2. The Morgan fingerprint density at radius 2 is 1.63 bits per heavy atom. The van der Waals surface area contributed by atoms with Crippen molar-refractivity contribution in [2.45, 2.75) is 57.9 Å². The van der Waals surface area contributed by atoms with E-state index in [9.17, 15) is 4.79 Å². The lowest BCUT2D eigenvalue weighted by Gasteiger charge is -2.34. The second-order valence-electron chi connectivity index (χ2n) is 8.82. The van der Waals surface area contributed by atoms with Crippen LogP contribution in [0, 0.1) is 0 Å². The number of aryl methyl sites for hydroxylation is 1. The summed E-state index contributed by atoms with van der Waals surface area (Å²) in [6, 6.07) is 17.0. The fourth-order valence-corrected chi connectivity index (χ4v) is 3.76. The molecule has 1 amide bonds. The van der Waals surface area contributed by atoms with Gasteiger partial charge in [0, 0.05) is 36.9 Å². The third-order valence-corrected chi connectivity index (χ3v) is 5.64. The molecule has 2 aromatic rings. The van der Waals surface area contributed by atoms with Gasteiger partial charge in [0.25, 0.3) is 0 Å². The predicted molar refractivity (Wildman–Crippen MR) is 132 cm³/mol. The first-order chi connectivity index (χ1) is 13.3. The molecule has 1 saturated heterocycles. The van der Waals surface area contributed by atoms with Gasteiger partial charge in [0.1, 0.15) is 0 Å². The standard InChI is InChI=1S/C24H33N3O.2ClH/c1-24(2,3)19-9-11-21(12-10-19)27-16-14-20(15-17-27)26-23(28)13-8-18-6-4-5-7-22(18)25;;/h4-7,9-12,20H,8,13-17,25H2,1-3H3,(H,26,28);2*1H. The fourth-order valence-electron chi connectivity index (χ4n) is 3.76. The Morgan fingerprint density at radius 3 is 2.20 bits per heavy atom. The van der Waals surface area contributed by atoms with E-state index in [4.69, 9.17) is 5.73 Å². The highest BCUT2D eigenvalue weighted by Gasteiger charge is 2.21. The van der Waals surface area contributed by atoms with Crippen LogP contribution < -0.4 is 16.0 Å². The molecular formula is C24H35Cl2N3O. The van der Waals surface area contributed by atoms with Gasteiger partial charge in [0.15, 0.2) is 0 Å². The van der Waals surface area contributed by atoms with Gasteiger partial charge in [0.05, 0.1) is 0 Å². The molecule has 0 unspecified atom stereocenters. The van der Waals surface area contributed by atoms with Gasteiger partial charge in [-0.1, -0.05) is 51.1 Å². The quantitative estimate of drug-likeness (QED) is 0.619. The van der Waals surface area contributed by atoms with E-state index in [1.807, 2.05) is 24.3 Å². The van der Waals surface area contributed by atoms with Gasteiger partial charge < -0.3 is 16.0 Å². The number of halogens is 2. The highest BCUT2D eigenvalue weighted by Crippen LogP contribution is 2.26. The van der Waals surface area contributed by atoms with Crippen molar-refractivity contribution in [1.82, 2.24) is 5.32 Å². The normalized spacial score (nSPS) is 14.4. The molecule has 1 aliphatic rings. The average Bonchev–Trinajstić information content (AvgIpc) is 2.67. The predicted octanol–water partition coefficient (Wildman–Crippen LogP) is 5.13. The summed E-state index contributed by atoms with van der Waals surface area (Å²) in [6.45, 7) is 8.67. The SMILES string of the molecule is CC(C)(C)c1ccc(N2CCC(NC(=O)CCc3ccccc3N)CC2)cc1.Cl.Cl. The van der Waals surface area contributed by atoms with E-state index in [-0.39, 0.29) is 42.2 Å². The number of amides is 1. The largest absolute Gasteiger partial charge is 0.399 e. The molecule has 3 N–H and O–H groups in total. The van der Waals surface area contributed by atoms with Crippen LogP contribution in [0.3, 0.4) is 0 Å². The molecule has 1 aliphatic heterocycles. The Hall–Kier alpha value is -1.91. The van der Waals surface area contributed by atoms with E-state index < -0.39 is 0 Å². The van der Waals surface area contributed by atoms with Crippen molar-refractivity contribution in [2.24, 2.45) is 0 Å². The molecule has 0 spiro atoms. The minimum absolute atomic E-state index is 0. The smallest absolute Gasteiger partial charge is 0.220 e. The topological polar surface area (TPSA) is 58.4 Å². The number of nitrogens with zero attached hydrogens (tertiary/aromatic N) is 1. The third kappa shape index (κ3) is 7.10. The molecule has 1 heterocycles. The zero-order chi connectivity index (χ0) is 20.1. The maximum Gasteiger partial charge on any atom is 0.220 e. The van der Waals surface area contributed by atoms with Crippen molar-refractivity contribution in [3.05, 3.63) is 59.7 Å². The number of nitrogens with two attached hydrogens (primary N) is 1. The number of anilines is 2. The molecule has 3 rings (SSSR count). The number of piperidine rings is 1. The minimum Gasteiger partial charge on any atom is -0.399 e. The zero-order valence-electron chi connectivity index (χ0n) is 18.2. The Labute approximate surface area is 193 Å². The number of benzene rings is 2. The molecule has 4 nitrogen and oxygen atoms in total. The van der Waals surface area contributed by atoms with Gasteiger partial charge in [0.2, 0.25) is 5.91 Å². The highest BCUT2D eigenvalue weighted by molar-refractivity contribution is 5.85. The van der Waals surface area contributed by atoms with Gasteiger partial charge in [-0.05, 0) is 54.0 Å². The Bertz CT molecular complexity index is 795. The Balaban J connectivity index is 0.00000225. The third-order valence-electron chi connectivity index (χ3n) is 5.64. The van der Waals surface area contributed by atoms with E-state index in [0.29, 0.717) is 12.8 Å². The van der Waals surface area contributed by atoms with Crippen LogP contribution >= 0.6 is 24.8 Å². The number of carbonyl (C=O) groups is 1. The van der Waals surface area contributed by atoms with E-state index in [0.717, 1.165) is 37.2 Å². The molecule has 0 atom stereocenters. The molecule has 30 heavy (non-hydrogen) atoms. The van der Waals surface area contributed by atoms with Crippen LogP contribution in [0.1, 0.15) is 51.2 Å². The number of carbonyl (C=O) groups excluding carboxylic acids is 1. The minimum atomic E-state index is 0. The molecule has 0 aliphatic carbocycles. The summed E-state index contributed by atoms with van der Waals surface area (Å²) in [4.78, 5) is 14.7. The number of nitrogens with one attached hydrogen (secondary N) is 1. The van der Waals surface area contributed by atoms with Crippen LogP contribution in [-0.4, -0.2) is 25.0 Å². The van der Waals surface area contributed by atoms with Gasteiger partial charge in [-0.2, -0.15) is 0 Å². The molecule has 166 valence electrons. The number of hydrogen-bond acceptors (Lipinski definition) is 3. The first kappa shape index (κ1) is 26.1. The summed E-state index contributed by atoms with van der Waals surface area (Å²) in [6.07, 6.45) is 3.15. The lowest BCUT2D eigenvalue weighted by Crippen LogP contribution is -2.44. The van der Waals surface area contributed by atoms with Gasteiger partial charge in [-0.3, -0.25) is 4.79 Å². The van der Waals surface area contributed by atoms with Crippen molar-refractivity contribution in [3.8, 4) is 0 Å². The van der Waals surface area contributed by atoms with Crippen LogP contribution in [0.4, 0.5) is 11.4 Å². The van der Waals surface area contributed by atoms with E-state index in [1.165, 1.54) is 11.3 Å². The number of rotatable bonds is 5. The summed E-state index contributed by atoms with van der Waals surface area (Å²) in [5.41, 5.74) is 10.6. The van der Waals surface area contributed by atoms with Crippen molar-refractivity contribution in [3.63, 3.8) is 0 Å². The summed E-state index contributed by atoms with van der Waals surface area (Å²) in [5.74, 6) is 0.122. The molecular weight excluding hydrogens is 417 g/mol. The second kappa shape index (κ2) is 11.5. The van der Waals surface area contributed by atoms with E-state index in [2.05, 4.69) is 55.3 Å². The van der Waals surface area contributed by atoms with Crippen molar-refractivity contribution in [1.29, 1.82) is 0 Å². The summed E-state index contributed by atoms with van der Waals surface area (Å²) < 4.78 is 0. The molecule has 2 aromatic carbocycles. The van der Waals surface area contributed by atoms with Crippen LogP contribution in [-0.2, 0) is 16.6 Å². The average molecular weight is 452 g/mol. The number of para-hydroxylation sites is 1. The lowest BCUT2D eigenvalue weighted by atomic mass is 9.87. The van der Waals surface area contributed by atoms with Crippen LogP contribution in [0.25, 0.3) is 0 Å². The Morgan fingerprint density at radius 1 is 1.03 bits per heavy atom. The maximum absolute atomic E-state index is 12.3. The van der Waals surface area contributed by atoms with Crippen LogP contribution in [0.2, 0.25) is 0 Å². The highest BCUT2D eigenvalue weighted by atomic mass is 35.5. The van der Waals surface area contributed by atoms with Gasteiger partial charge in [-0.15, -0.1) is 24.8 Å². The van der Waals surface area contributed by atoms with E-state index >= 15 is 0 Å². The van der Waals surface area contributed by atoms with Gasteiger partial charge >= 0.3 is 0 Å². The Kier molecular flexibility index (Phi) is 9.99. The first-order valence-corrected chi connectivity index (χ1v) is 10.3. The maximum atomic E-state index is 12.3. The molecule has 0 radical (unpaired) electrons. The molecule has 0 saturated carbocycles. The molecule has 6 heteroatoms. The van der Waals surface area contributed by atoms with Crippen LogP contribution in [0.15, 0.2) is 48.5 Å². The van der Waals surface area contributed by atoms with Crippen molar-refractivity contribution >= 4 is 42.1 Å². The van der Waals surface area contributed by atoms with Crippen molar-refractivity contribution < 1.29 is 4.79 Å². The van der Waals surface area contributed by atoms with Crippen molar-refractivity contribution in [2.75, 3.05) is 23.7 Å². The second-order valence-corrected chi connectivity index (χ2v) is 8.82. The number of nitrogen functional groups attached to an aromatic ring is 1. The van der Waals surface area contributed by atoms with E-state index in [1.54, 1.807) is 0 Å². The van der Waals surface area contributed by atoms with Gasteiger partial charge in [-0.25, -0.2) is 0 Å². The zero-order valence-corrected chi connectivity index (χ0v) is 19.8. The van der Waals surface area contributed by atoms with Crippen LogP contribution in [0.5, 0.6) is 0 Å². The lowest BCUT2D eigenvalue weighted by molar-refractivity contribution is -0.121. The fraction of sp³-hybridized carbons (Fsp3) is 0.458. The summed E-state index contributed by atoms with van der Waals surface area (Å²) >= 11 is 0. The molecule has 0 bridgehead atoms. The first-order valence-electron chi connectivity index (χ1n) is 10.3.